The fourth-order valence-corrected chi connectivity index (χ4v) is 4.16. The first-order valence-electron chi connectivity index (χ1n) is 5.73. The smallest absolute Gasteiger partial charge is 0.243 e. The Labute approximate surface area is 112 Å². The van der Waals surface area contributed by atoms with Crippen molar-refractivity contribution in [1.82, 2.24) is 4.31 Å². The zero-order chi connectivity index (χ0) is 13.6. The van der Waals surface area contributed by atoms with Gasteiger partial charge in [-0.25, -0.2) is 8.42 Å². The highest BCUT2D eigenvalue weighted by atomic mass is 35.5. The van der Waals surface area contributed by atoms with Crippen LogP contribution in [0.3, 0.4) is 0 Å². The van der Waals surface area contributed by atoms with Gasteiger partial charge in [0.15, 0.2) is 0 Å². The lowest BCUT2D eigenvalue weighted by Gasteiger charge is -2.32. The SMILES string of the molecule is CC1(C)C(O)CCN1S(=O)(=O)c1ccc(Cl)cc1. The van der Waals surface area contributed by atoms with Gasteiger partial charge in [0.2, 0.25) is 10.0 Å². The topological polar surface area (TPSA) is 57.6 Å². The van der Waals surface area contributed by atoms with Crippen LogP contribution in [0.5, 0.6) is 0 Å². The molecular formula is C12H16ClNO3S. The highest BCUT2D eigenvalue weighted by Gasteiger charge is 2.46. The Kier molecular flexibility index (Phi) is 3.44. The Balaban J connectivity index is 2.41. The third-order valence-electron chi connectivity index (χ3n) is 3.47. The van der Waals surface area contributed by atoms with Crippen LogP contribution in [-0.2, 0) is 10.0 Å². The normalized spacial score (nSPS) is 24.3. The van der Waals surface area contributed by atoms with Crippen LogP contribution in [0, 0.1) is 0 Å². The number of sulfonamides is 1. The number of halogens is 1. The lowest BCUT2D eigenvalue weighted by Crippen LogP contribution is -2.47. The molecule has 0 aliphatic carbocycles. The van der Waals surface area contributed by atoms with Crippen molar-refractivity contribution in [3.8, 4) is 0 Å². The maximum absolute atomic E-state index is 12.5. The predicted molar refractivity (Wildman–Crippen MR) is 70.0 cm³/mol. The molecule has 0 saturated carbocycles. The minimum Gasteiger partial charge on any atom is -0.391 e. The van der Waals surface area contributed by atoms with Gasteiger partial charge in [-0.05, 0) is 44.5 Å². The average Bonchev–Trinajstić information content (AvgIpc) is 2.55. The van der Waals surface area contributed by atoms with Crippen LogP contribution in [0.2, 0.25) is 5.02 Å². The Morgan fingerprint density at radius 2 is 1.89 bits per heavy atom. The quantitative estimate of drug-likeness (QED) is 0.904. The molecular weight excluding hydrogens is 274 g/mol. The van der Waals surface area contributed by atoms with Crippen LogP contribution in [0.15, 0.2) is 29.2 Å². The molecule has 4 nitrogen and oxygen atoms in total. The number of benzene rings is 1. The van der Waals surface area contributed by atoms with Crippen LogP contribution >= 0.6 is 11.6 Å². The molecule has 1 aromatic rings. The van der Waals surface area contributed by atoms with Crippen molar-refractivity contribution in [2.24, 2.45) is 0 Å². The molecule has 1 atom stereocenters. The summed E-state index contributed by atoms with van der Waals surface area (Å²) in [6.45, 7) is 3.80. The molecule has 1 heterocycles. The van der Waals surface area contributed by atoms with E-state index in [0.717, 1.165) is 0 Å². The molecule has 1 aliphatic heterocycles. The molecule has 1 unspecified atom stereocenters. The van der Waals surface area contributed by atoms with E-state index in [0.29, 0.717) is 18.0 Å². The molecule has 6 heteroatoms. The maximum Gasteiger partial charge on any atom is 0.243 e. The van der Waals surface area contributed by atoms with Crippen molar-refractivity contribution in [2.45, 2.75) is 36.8 Å². The van der Waals surface area contributed by atoms with Crippen molar-refractivity contribution >= 4 is 21.6 Å². The van der Waals surface area contributed by atoms with Gasteiger partial charge in [0, 0.05) is 11.6 Å². The van der Waals surface area contributed by atoms with Gasteiger partial charge in [-0.15, -0.1) is 0 Å². The van der Waals surface area contributed by atoms with Crippen LogP contribution < -0.4 is 0 Å². The van der Waals surface area contributed by atoms with Gasteiger partial charge in [0.05, 0.1) is 16.5 Å². The lowest BCUT2D eigenvalue weighted by atomic mass is 10.0. The van der Waals surface area contributed by atoms with Crippen molar-refractivity contribution in [3.05, 3.63) is 29.3 Å². The Morgan fingerprint density at radius 3 is 2.33 bits per heavy atom. The van der Waals surface area contributed by atoms with Gasteiger partial charge < -0.3 is 5.11 Å². The van der Waals surface area contributed by atoms with Gasteiger partial charge in [-0.2, -0.15) is 4.31 Å². The highest BCUT2D eigenvalue weighted by Crippen LogP contribution is 2.34. The molecule has 100 valence electrons. The summed E-state index contributed by atoms with van der Waals surface area (Å²) in [5, 5.41) is 10.3. The van der Waals surface area contributed by atoms with Crippen LogP contribution in [0.25, 0.3) is 0 Å². The highest BCUT2D eigenvalue weighted by molar-refractivity contribution is 7.89. The van der Waals surface area contributed by atoms with Crippen molar-refractivity contribution < 1.29 is 13.5 Å². The van der Waals surface area contributed by atoms with E-state index in [1.54, 1.807) is 26.0 Å². The first kappa shape index (κ1) is 13.8. The van der Waals surface area contributed by atoms with Crippen LogP contribution in [0.1, 0.15) is 20.3 Å². The van der Waals surface area contributed by atoms with E-state index in [2.05, 4.69) is 0 Å². The van der Waals surface area contributed by atoms with Crippen molar-refractivity contribution in [1.29, 1.82) is 0 Å². The number of aliphatic hydroxyl groups excluding tert-OH is 1. The first-order valence-corrected chi connectivity index (χ1v) is 7.54. The van der Waals surface area contributed by atoms with Gasteiger partial charge in [0.1, 0.15) is 0 Å². The van der Waals surface area contributed by atoms with E-state index in [1.165, 1.54) is 16.4 Å². The van der Waals surface area contributed by atoms with E-state index in [4.69, 9.17) is 11.6 Å². The van der Waals surface area contributed by atoms with E-state index in [-0.39, 0.29) is 4.90 Å². The van der Waals surface area contributed by atoms with Crippen LogP contribution in [0.4, 0.5) is 0 Å². The average molecular weight is 290 g/mol. The lowest BCUT2D eigenvalue weighted by molar-refractivity contribution is 0.0901. The minimum absolute atomic E-state index is 0.203. The molecule has 0 aromatic heterocycles. The molecule has 1 fully saturated rings. The summed E-state index contributed by atoms with van der Waals surface area (Å²) in [4.78, 5) is 0.203. The van der Waals surface area contributed by atoms with Crippen molar-refractivity contribution in [3.63, 3.8) is 0 Å². The summed E-state index contributed by atoms with van der Waals surface area (Å²) in [5.74, 6) is 0. The monoisotopic (exact) mass is 289 g/mol. The van der Waals surface area contributed by atoms with E-state index < -0.39 is 21.7 Å². The zero-order valence-electron chi connectivity index (χ0n) is 10.3. The summed E-state index contributed by atoms with van der Waals surface area (Å²) in [7, 11) is -3.58. The number of nitrogens with zero attached hydrogens (tertiary/aromatic N) is 1. The largest absolute Gasteiger partial charge is 0.391 e. The van der Waals surface area contributed by atoms with Gasteiger partial charge in [-0.3, -0.25) is 0 Å². The second-order valence-corrected chi connectivity index (χ2v) is 7.29. The fourth-order valence-electron chi connectivity index (χ4n) is 2.21. The first-order chi connectivity index (χ1) is 8.26. The molecule has 0 amide bonds. The zero-order valence-corrected chi connectivity index (χ0v) is 11.9. The van der Waals surface area contributed by atoms with Crippen molar-refractivity contribution in [2.75, 3.05) is 6.54 Å². The maximum atomic E-state index is 12.5. The number of rotatable bonds is 2. The summed E-state index contributed by atoms with van der Waals surface area (Å²) >= 11 is 5.75. The number of hydrogen-bond donors (Lipinski definition) is 1. The van der Waals surface area contributed by atoms with Gasteiger partial charge >= 0.3 is 0 Å². The van der Waals surface area contributed by atoms with E-state index >= 15 is 0 Å². The molecule has 0 radical (unpaired) electrons. The standard InChI is InChI=1S/C12H16ClNO3S/c1-12(2)11(15)7-8-14(12)18(16,17)10-5-3-9(13)4-6-10/h3-6,11,15H,7-8H2,1-2H3. The fraction of sp³-hybridized carbons (Fsp3) is 0.500. The van der Waals surface area contributed by atoms with Gasteiger partial charge in [0.25, 0.3) is 0 Å². The number of aliphatic hydroxyl groups is 1. The van der Waals surface area contributed by atoms with E-state index in [9.17, 15) is 13.5 Å². The number of hydrogen-bond acceptors (Lipinski definition) is 3. The predicted octanol–water partition coefficient (Wildman–Crippen LogP) is 1.87. The Morgan fingerprint density at radius 1 is 1.33 bits per heavy atom. The van der Waals surface area contributed by atoms with Gasteiger partial charge in [-0.1, -0.05) is 11.6 Å². The van der Waals surface area contributed by atoms with E-state index in [1.807, 2.05) is 0 Å². The second kappa shape index (κ2) is 4.49. The molecule has 1 N–H and O–H groups in total. The molecule has 1 aromatic carbocycles. The summed E-state index contributed by atoms with van der Waals surface area (Å²) in [6, 6.07) is 6.07. The molecule has 0 spiro atoms. The Bertz CT molecular complexity index is 539. The third kappa shape index (κ3) is 2.16. The molecule has 18 heavy (non-hydrogen) atoms. The second-order valence-electron chi connectivity index (χ2n) is 4.99. The summed E-state index contributed by atoms with van der Waals surface area (Å²) in [6.07, 6.45) is -0.181. The molecule has 0 bridgehead atoms. The van der Waals surface area contributed by atoms with Crippen LogP contribution in [-0.4, -0.2) is 36.0 Å². The molecule has 1 saturated heterocycles. The summed E-state index contributed by atoms with van der Waals surface area (Å²) in [5.41, 5.74) is -0.779. The summed E-state index contributed by atoms with van der Waals surface area (Å²) < 4.78 is 26.3. The minimum atomic E-state index is -3.58. The third-order valence-corrected chi connectivity index (χ3v) is 5.82. The Hall–Kier alpha value is -0.620. The molecule has 1 aliphatic rings. The molecule has 2 rings (SSSR count).